The summed E-state index contributed by atoms with van der Waals surface area (Å²) in [5.74, 6) is 5.88. The van der Waals surface area contributed by atoms with E-state index >= 15 is 0 Å². The summed E-state index contributed by atoms with van der Waals surface area (Å²) in [6, 6.07) is 5.57. The molecule has 0 saturated carbocycles. The fourth-order valence-corrected chi connectivity index (χ4v) is 1.82. The molecule has 2 rings (SSSR count). The topological polar surface area (TPSA) is 73.1 Å². The van der Waals surface area contributed by atoms with Crippen molar-refractivity contribution in [1.82, 2.24) is 9.97 Å². The van der Waals surface area contributed by atoms with Crippen LogP contribution < -0.4 is 16.0 Å². The number of nitrogen functional groups attached to an aromatic ring is 1. The molecule has 8 heteroatoms. The summed E-state index contributed by atoms with van der Waals surface area (Å²) in [6.07, 6.45) is 1.83. The number of benzene rings is 1. The SMILES string of the molecule is CSc1nc(NN)cc(Oc2ccc(F)c(Cl)c2)n1. The molecule has 0 unspecified atom stereocenters. The fourth-order valence-electron chi connectivity index (χ4n) is 1.28. The molecule has 0 spiro atoms. The molecule has 0 amide bonds. The number of ether oxygens (including phenoxy) is 1. The van der Waals surface area contributed by atoms with Crippen molar-refractivity contribution in [2.45, 2.75) is 5.16 Å². The monoisotopic (exact) mass is 300 g/mol. The molecule has 0 bridgehead atoms. The minimum absolute atomic E-state index is 0.0196. The van der Waals surface area contributed by atoms with Gasteiger partial charge in [-0.2, -0.15) is 4.98 Å². The number of nitrogens with zero attached hydrogens (tertiary/aromatic N) is 2. The van der Waals surface area contributed by atoms with Crippen LogP contribution in [-0.4, -0.2) is 16.2 Å². The summed E-state index contributed by atoms with van der Waals surface area (Å²) in [4.78, 5) is 8.24. The number of rotatable bonds is 4. The van der Waals surface area contributed by atoms with Crippen molar-refractivity contribution in [3.05, 3.63) is 35.1 Å². The van der Waals surface area contributed by atoms with E-state index in [4.69, 9.17) is 22.2 Å². The van der Waals surface area contributed by atoms with E-state index in [2.05, 4.69) is 15.4 Å². The average molecular weight is 301 g/mol. The summed E-state index contributed by atoms with van der Waals surface area (Å²) in [5, 5.41) is 0.479. The Balaban J connectivity index is 2.29. The van der Waals surface area contributed by atoms with Crippen LogP contribution in [0.2, 0.25) is 5.02 Å². The summed E-state index contributed by atoms with van der Waals surface area (Å²) in [6.45, 7) is 0. The van der Waals surface area contributed by atoms with E-state index in [9.17, 15) is 4.39 Å². The first-order chi connectivity index (χ1) is 9.12. The van der Waals surface area contributed by atoms with Crippen LogP contribution in [0.1, 0.15) is 0 Å². The van der Waals surface area contributed by atoms with Gasteiger partial charge in [0.1, 0.15) is 17.4 Å². The highest BCUT2D eigenvalue weighted by atomic mass is 35.5. The number of thioether (sulfide) groups is 1. The smallest absolute Gasteiger partial charge is 0.225 e. The maximum atomic E-state index is 13.0. The van der Waals surface area contributed by atoms with Crippen LogP contribution in [0.5, 0.6) is 11.6 Å². The van der Waals surface area contributed by atoms with Crippen LogP contribution in [0, 0.1) is 5.82 Å². The molecule has 0 radical (unpaired) electrons. The molecule has 19 heavy (non-hydrogen) atoms. The molecule has 3 N–H and O–H groups in total. The maximum Gasteiger partial charge on any atom is 0.225 e. The van der Waals surface area contributed by atoms with Crippen molar-refractivity contribution in [2.24, 2.45) is 5.84 Å². The van der Waals surface area contributed by atoms with E-state index in [1.54, 1.807) is 0 Å². The second kappa shape index (κ2) is 6.05. The number of nitrogens with one attached hydrogen (secondary N) is 1. The van der Waals surface area contributed by atoms with E-state index in [0.717, 1.165) is 0 Å². The second-order valence-corrected chi connectivity index (χ2v) is 4.58. The van der Waals surface area contributed by atoms with Gasteiger partial charge in [-0.05, 0) is 18.4 Å². The van der Waals surface area contributed by atoms with Crippen molar-refractivity contribution in [3.8, 4) is 11.6 Å². The Labute approximate surface area is 118 Å². The predicted octanol–water partition coefficient (Wildman–Crippen LogP) is 3.07. The highest BCUT2D eigenvalue weighted by Gasteiger charge is 2.07. The predicted molar refractivity (Wildman–Crippen MR) is 73.1 cm³/mol. The van der Waals surface area contributed by atoms with Crippen LogP contribution in [-0.2, 0) is 0 Å². The first kappa shape index (κ1) is 13.9. The molecule has 0 aliphatic carbocycles. The molecule has 1 aromatic carbocycles. The quantitative estimate of drug-likeness (QED) is 0.391. The van der Waals surface area contributed by atoms with Gasteiger partial charge in [0, 0.05) is 12.1 Å². The number of hydrogen-bond acceptors (Lipinski definition) is 6. The van der Waals surface area contributed by atoms with Gasteiger partial charge in [-0.3, -0.25) is 0 Å². The molecule has 100 valence electrons. The lowest BCUT2D eigenvalue weighted by atomic mass is 10.3. The van der Waals surface area contributed by atoms with E-state index in [1.807, 2.05) is 6.26 Å². The van der Waals surface area contributed by atoms with Crippen LogP contribution in [0.3, 0.4) is 0 Å². The zero-order valence-corrected chi connectivity index (χ0v) is 11.4. The summed E-state index contributed by atoms with van der Waals surface area (Å²) in [5.41, 5.74) is 2.42. The zero-order valence-electron chi connectivity index (χ0n) is 9.85. The van der Waals surface area contributed by atoms with Crippen molar-refractivity contribution in [2.75, 3.05) is 11.7 Å². The molecule has 0 atom stereocenters. The van der Waals surface area contributed by atoms with Gasteiger partial charge in [0.05, 0.1) is 5.02 Å². The minimum atomic E-state index is -0.508. The van der Waals surface area contributed by atoms with Crippen molar-refractivity contribution < 1.29 is 9.13 Å². The first-order valence-corrected chi connectivity index (χ1v) is 6.75. The van der Waals surface area contributed by atoms with Gasteiger partial charge in [0.15, 0.2) is 5.16 Å². The fraction of sp³-hybridized carbons (Fsp3) is 0.0909. The molecule has 5 nitrogen and oxygen atoms in total. The lowest BCUT2D eigenvalue weighted by Crippen LogP contribution is -2.09. The number of nitrogens with two attached hydrogens (primary N) is 1. The Morgan fingerprint density at radius 3 is 2.79 bits per heavy atom. The Morgan fingerprint density at radius 2 is 2.16 bits per heavy atom. The average Bonchev–Trinajstić information content (AvgIpc) is 2.42. The number of hydrogen-bond donors (Lipinski definition) is 2. The molecule has 2 aromatic rings. The Morgan fingerprint density at radius 1 is 1.37 bits per heavy atom. The Kier molecular flexibility index (Phi) is 4.41. The van der Waals surface area contributed by atoms with Crippen LogP contribution in [0.4, 0.5) is 10.2 Å². The van der Waals surface area contributed by atoms with E-state index in [1.165, 1.54) is 36.0 Å². The summed E-state index contributed by atoms with van der Waals surface area (Å²) >= 11 is 7.02. The third-order valence-corrected chi connectivity index (χ3v) is 2.96. The Bertz CT molecular complexity index is 577. The van der Waals surface area contributed by atoms with Crippen LogP contribution in [0.15, 0.2) is 29.4 Å². The normalized spacial score (nSPS) is 10.3. The van der Waals surface area contributed by atoms with Gasteiger partial charge in [-0.1, -0.05) is 23.4 Å². The lowest BCUT2D eigenvalue weighted by Gasteiger charge is -2.08. The van der Waals surface area contributed by atoms with Gasteiger partial charge in [0.25, 0.3) is 0 Å². The molecular weight excluding hydrogens is 291 g/mol. The number of hydrazine groups is 1. The molecule has 0 saturated heterocycles. The molecule has 1 aromatic heterocycles. The van der Waals surface area contributed by atoms with Crippen LogP contribution >= 0.6 is 23.4 Å². The molecular formula is C11H10ClFN4OS. The van der Waals surface area contributed by atoms with Crippen LogP contribution in [0.25, 0.3) is 0 Å². The van der Waals surface area contributed by atoms with Crippen molar-refractivity contribution >= 4 is 29.2 Å². The second-order valence-electron chi connectivity index (χ2n) is 3.40. The molecule has 0 fully saturated rings. The third-order valence-electron chi connectivity index (χ3n) is 2.13. The molecule has 1 heterocycles. The number of halogens is 2. The van der Waals surface area contributed by atoms with Gasteiger partial charge in [-0.25, -0.2) is 15.2 Å². The van der Waals surface area contributed by atoms with Gasteiger partial charge in [-0.15, -0.1) is 0 Å². The first-order valence-electron chi connectivity index (χ1n) is 5.15. The minimum Gasteiger partial charge on any atom is -0.439 e. The largest absolute Gasteiger partial charge is 0.439 e. The summed E-state index contributed by atoms with van der Waals surface area (Å²) in [7, 11) is 0. The van der Waals surface area contributed by atoms with E-state index < -0.39 is 5.82 Å². The standard InChI is InChI=1S/C11H10ClFN4OS/c1-19-11-15-9(17-14)5-10(16-11)18-6-2-3-8(13)7(12)4-6/h2-5H,14H2,1H3,(H,15,16,17). The van der Waals surface area contributed by atoms with Crippen molar-refractivity contribution in [3.63, 3.8) is 0 Å². The third kappa shape index (κ3) is 3.46. The molecule has 0 aliphatic heterocycles. The zero-order chi connectivity index (χ0) is 13.8. The number of aromatic nitrogens is 2. The molecule has 0 aliphatic rings. The van der Waals surface area contributed by atoms with Crippen molar-refractivity contribution in [1.29, 1.82) is 0 Å². The van der Waals surface area contributed by atoms with Gasteiger partial charge >= 0.3 is 0 Å². The lowest BCUT2D eigenvalue weighted by molar-refractivity contribution is 0.454. The van der Waals surface area contributed by atoms with E-state index in [0.29, 0.717) is 16.7 Å². The highest BCUT2D eigenvalue weighted by Crippen LogP contribution is 2.27. The maximum absolute atomic E-state index is 13.0. The summed E-state index contributed by atoms with van der Waals surface area (Å²) < 4.78 is 18.5. The number of anilines is 1. The van der Waals surface area contributed by atoms with E-state index in [-0.39, 0.29) is 10.9 Å². The highest BCUT2D eigenvalue weighted by molar-refractivity contribution is 7.98. The van der Waals surface area contributed by atoms with Gasteiger partial charge in [0.2, 0.25) is 5.88 Å². The van der Waals surface area contributed by atoms with Gasteiger partial charge < -0.3 is 10.2 Å². The Hall–Kier alpha value is -1.57.